The lowest BCUT2D eigenvalue weighted by Crippen LogP contribution is -2.19. The number of rotatable bonds is 5. The summed E-state index contributed by atoms with van der Waals surface area (Å²) in [6.07, 6.45) is 0. The first-order chi connectivity index (χ1) is 9.90. The van der Waals surface area contributed by atoms with Crippen LogP contribution in [0.1, 0.15) is 30.2 Å². The molecule has 0 unspecified atom stereocenters. The normalized spacial score (nSPS) is 11.0. The average molecular weight is 311 g/mol. The Morgan fingerprint density at radius 3 is 2.90 bits per heavy atom. The van der Waals surface area contributed by atoms with Gasteiger partial charge in [-0.15, -0.1) is 5.10 Å². The number of aromatic nitrogens is 3. The van der Waals surface area contributed by atoms with Crippen molar-refractivity contribution >= 4 is 17.5 Å². The molecule has 1 aromatic heterocycles. The molecule has 6 nitrogen and oxygen atoms in total. The van der Waals surface area contributed by atoms with Gasteiger partial charge in [-0.25, -0.2) is 14.3 Å². The van der Waals surface area contributed by atoms with Crippen LogP contribution in [0, 0.1) is 5.82 Å². The molecule has 0 aliphatic rings. The van der Waals surface area contributed by atoms with Crippen LogP contribution in [0.3, 0.4) is 0 Å². The van der Waals surface area contributed by atoms with E-state index in [9.17, 15) is 19.1 Å². The van der Waals surface area contributed by atoms with E-state index in [1.54, 1.807) is 0 Å². The summed E-state index contributed by atoms with van der Waals surface area (Å²) in [6.45, 7) is 3.64. The van der Waals surface area contributed by atoms with Crippen molar-refractivity contribution < 1.29 is 14.3 Å². The number of nitrogens with one attached hydrogen (secondary N) is 1. The Balaban J connectivity index is 2.15. The average Bonchev–Trinajstić information content (AvgIpc) is 2.80. The van der Waals surface area contributed by atoms with Crippen LogP contribution in [0.15, 0.2) is 28.2 Å². The number of thioether (sulfide) groups is 1. The number of aromatic amines is 1. The van der Waals surface area contributed by atoms with Gasteiger partial charge >= 0.3 is 5.69 Å². The molecule has 0 fully saturated rings. The number of halogens is 1. The second-order valence-corrected chi connectivity index (χ2v) is 5.59. The Hall–Kier alpha value is -2.09. The van der Waals surface area contributed by atoms with Crippen LogP contribution >= 0.6 is 11.8 Å². The molecule has 0 radical (unpaired) electrons. The van der Waals surface area contributed by atoms with Crippen LogP contribution in [0.5, 0.6) is 5.75 Å². The second-order valence-electron chi connectivity index (χ2n) is 4.65. The van der Waals surface area contributed by atoms with Crippen molar-refractivity contribution in [2.75, 3.05) is 5.75 Å². The van der Waals surface area contributed by atoms with Gasteiger partial charge < -0.3 is 5.11 Å². The Kier molecular flexibility index (Phi) is 4.46. The Labute approximate surface area is 124 Å². The molecule has 2 N–H and O–H groups in total. The zero-order chi connectivity index (χ0) is 15.6. The minimum atomic E-state index is -0.597. The van der Waals surface area contributed by atoms with Crippen molar-refractivity contribution in [3.63, 3.8) is 0 Å². The van der Waals surface area contributed by atoms with E-state index in [0.717, 1.165) is 30.0 Å². The number of carbonyl (C=O) groups excluding carboxylic acids is 1. The van der Waals surface area contributed by atoms with Crippen LogP contribution in [0.25, 0.3) is 0 Å². The number of hydrogen-bond donors (Lipinski definition) is 2. The molecule has 112 valence electrons. The van der Waals surface area contributed by atoms with E-state index >= 15 is 0 Å². The summed E-state index contributed by atoms with van der Waals surface area (Å²) in [6, 6.07) is 3.09. The molecular weight excluding hydrogens is 297 g/mol. The van der Waals surface area contributed by atoms with Crippen molar-refractivity contribution in [1.82, 2.24) is 14.8 Å². The molecule has 0 saturated heterocycles. The first-order valence-corrected chi connectivity index (χ1v) is 7.20. The Morgan fingerprint density at radius 2 is 2.24 bits per heavy atom. The van der Waals surface area contributed by atoms with Gasteiger partial charge in [-0.3, -0.25) is 9.36 Å². The molecule has 1 heterocycles. The van der Waals surface area contributed by atoms with E-state index in [4.69, 9.17) is 0 Å². The highest BCUT2D eigenvalue weighted by Crippen LogP contribution is 2.23. The fraction of sp³-hybridized carbons (Fsp3) is 0.308. The van der Waals surface area contributed by atoms with E-state index < -0.39 is 11.6 Å². The van der Waals surface area contributed by atoms with Crippen LogP contribution in [-0.4, -0.2) is 31.4 Å². The van der Waals surface area contributed by atoms with Crippen LogP contribution in [-0.2, 0) is 0 Å². The molecule has 0 atom stereocenters. The number of phenolic OH excluding ortho intramolecular Hbond substituents is 1. The van der Waals surface area contributed by atoms with Gasteiger partial charge in [-0.05, 0) is 32.0 Å². The maximum absolute atomic E-state index is 13.1. The number of aromatic hydroxyl groups is 1. The third-order valence-electron chi connectivity index (χ3n) is 2.78. The van der Waals surface area contributed by atoms with E-state index in [-0.39, 0.29) is 28.8 Å². The van der Waals surface area contributed by atoms with E-state index in [1.165, 1.54) is 4.57 Å². The minimum Gasteiger partial charge on any atom is -0.507 e. The molecule has 0 bridgehead atoms. The molecule has 8 heteroatoms. The van der Waals surface area contributed by atoms with Crippen LogP contribution in [0.4, 0.5) is 4.39 Å². The first kappa shape index (κ1) is 15.3. The molecule has 0 amide bonds. The smallest absolute Gasteiger partial charge is 0.344 e. The first-order valence-electron chi connectivity index (χ1n) is 6.21. The summed E-state index contributed by atoms with van der Waals surface area (Å²) < 4.78 is 14.5. The molecule has 0 spiro atoms. The Morgan fingerprint density at radius 1 is 1.52 bits per heavy atom. The predicted molar refractivity (Wildman–Crippen MR) is 76.4 cm³/mol. The van der Waals surface area contributed by atoms with Gasteiger partial charge in [0.05, 0.1) is 11.3 Å². The molecule has 1 aromatic carbocycles. The van der Waals surface area contributed by atoms with E-state index in [0.29, 0.717) is 5.16 Å². The van der Waals surface area contributed by atoms with Gasteiger partial charge in [0.1, 0.15) is 11.6 Å². The van der Waals surface area contributed by atoms with Crippen molar-refractivity contribution in [3.8, 4) is 5.75 Å². The topological polar surface area (TPSA) is 88.0 Å². The lowest BCUT2D eigenvalue weighted by Gasteiger charge is -2.08. The van der Waals surface area contributed by atoms with Crippen LogP contribution in [0.2, 0.25) is 0 Å². The maximum atomic E-state index is 13.1. The summed E-state index contributed by atoms with van der Waals surface area (Å²) in [5, 5.41) is 16.1. The van der Waals surface area contributed by atoms with Crippen molar-refractivity contribution in [2.45, 2.75) is 25.0 Å². The van der Waals surface area contributed by atoms with Crippen molar-refractivity contribution in [1.29, 1.82) is 0 Å². The number of carbonyl (C=O) groups is 1. The number of H-pyrrole nitrogens is 1. The highest BCUT2D eigenvalue weighted by atomic mass is 32.2. The third kappa shape index (κ3) is 3.33. The lowest BCUT2D eigenvalue weighted by atomic mass is 10.1. The fourth-order valence-corrected chi connectivity index (χ4v) is 2.75. The van der Waals surface area contributed by atoms with Gasteiger partial charge in [0, 0.05) is 6.04 Å². The zero-order valence-corrected chi connectivity index (χ0v) is 12.3. The monoisotopic (exact) mass is 311 g/mol. The number of nitrogens with zero attached hydrogens (tertiary/aromatic N) is 2. The molecule has 0 saturated carbocycles. The quantitative estimate of drug-likeness (QED) is 0.651. The maximum Gasteiger partial charge on any atom is 0.344 e. The molecule has 21 heavy (non-hydrogen) atoms. The van der Waals surface area contributed by atoms with Gasteiger partial charge in [0.25, 0.3) is 0 Å². The molecular formula is C13H14FN3O3S. The SMILES string of the molecule is CC(C)n1c(SCC(=O)c2cc(F)ccc2O)n[nH]c1=O. The second kappa shape index (κ2) is 6.13. The summed E-state index contributed by atoms with van der Waals surface area (Å²) in [7, 11) is 0. The molecule has 2 aromatic rings. The number of ketones is 1. The predicted octanol–water partition coefficient (Wildman–Crippen LogP) is 1.97. The van der Waals surface area contributed by atoms with E-state index in [2.05, 4.69) is 10.2 Å². The summed E-state index contributed by atoms with van der Waals surface area (Å²) in [5.41, 5.74) is -0.440. The van der Waals surface area contributed by atoms with E-state index in [1.807, 2.05) is 13.8 Å². The van der Waals surface area contributed by atoms with Gasteiger partial charge in [-0.2, -0.15) is 0 Å². The number of benzene rings is 1. The number of hydrogen-bond acceptors (Lipinski definition) is 5. The molecule has 0 aliphatic heterocycles. The lowest BCUT2D eigenvalue weighted by molar-refractivity contribution is 0.101. The minimum absolute atomic E-state index is 0.0615. The van der Waals surface area contributed by atoms with Gasteiger partial charge in [0.2, 0.25) is 0 Å². The largest absolute Gasteiger partial charge is 0.507 e. The third-order valence-corrected chi connectivity index (χ3v) is 3.73. The fourth-order valence-electron chi connectivity index (χ4n) is 1.79. The zero-order valence-electron chi connectivity index (χ0n) is 11.5. The molecule has 0 aliphatic carbocycles. The highest BCUT2D eigenvalue weighted by Gasteiger charge is 2.16. The Bertz CT molecular complexity index is 724. The summed E-state index contributed by atoms with van der Waals surface area (Å²) >= 11 is 1.05. The van der Waals surface area contributed by atoms with Crippen molar-refractivity contribution in [2.24, 2.45) is 0 Å². The van der Waals surface area contributed by atoms with Gasteiger partial charge in [0.15, 0.2) is 10.9 Å². The van der Waals surface area contributed by atoms with Crippen LogP contribution < -0.4 is 5.69 Å². The van der Waals surface area contributed by atoms with Gasteiger partial charge in [-0.1, -0.05) is 11.8 Å². The van der Waals surface area contributed by atoms with Crippen molar-refractivity contribution in [3.05, 3.63) is 40.1 Å². The summed E-state index contributed by atoms with van der Waals surface area (Å²) in [5.74, 6) is -1.37. The summed E-state index contributed by atoms with van der Waals surface area (Å²) in [4.78, 5) is 23.6. The highest BCUT2D eigenvalue weighted by molar-refractivity contribution is 7.99. The number of phenols is 1. The molecule has 2 rings (SSSR count). The standard InChI is InChI=1S/C13H14FN3O3S/c1-7(2)17-12(20)15-16-13(17)21-6-11(19)9-5-8(14)3-4-10(9)18/h3-5,7,18H,6H2,1-2H3,(H,15,20). The number of Topliss-reactive ketones (excluding diaryl/α,β-unsaturated/α-hetero) is 1.